The molecule has 0 unspecified atom stereocenters. The van der Waals surface area contributed by atoms with Crippen LogP contribution in [-0.4, -0.2) is 30.3 Å². The van der Waals surface area contributed by atoms with Crippen LogP contribution in [-0.2, 0) is 14.3 Å². The summed E-state index contributed by atoms with van der Waals surface area (Å²) in [7, 11) is 0. The van der Waals surface area contributed by atoms with Crippen LogP contribution in [0.25, 0.3) is 0 Å². The maximum Gasteiger partial charge on any atom is 0.408 e. The van der Waals surface area contributed by atoms with Gasteiger partial charge in [-0.2, -0.15) is 0 Å². The number of nitrogens with one attached hydrogen (secondary N) is 1. The lowest BCUT2D eigenvalue weighted by Gasteiger charge is -2.26. The van der Waals surface area contributed by atoms with E-state index in [2.05, 4.69) is 11.9 Å². The summed E-state index contributed by atoms with van der Waals surface area (Å²) in [4.78, 5) is 23.6. The highest BCUT2D eigenvalue weighted by Gasteiger charge is 2.30. The van der Waals surface area contributed by atoms with Gasteiger partial charge in [-0.15, -0.1) is 0 Å². The topological polar surface area (TPSA) is 64.6 Å². The Kier molecular flexibility index (Phi) is 6.59. The van der Waals surface area contributed by atoms with Crippen LogP contribution in [0.2, 0.25) is 0 Å². The summed E-state index contributed by atoms with van der Waals surface area (Å²) < 4.78 is 10.1. The van der Waals surface area contributed by atoms with Crippen molar-refractivity contribution in [1.29, 1.82) is 0 Å². The summed E-state index contributed by atoms with van der Waals surface area (Å²) in [6, 6.07) is -0.785. The monoisotopic (exact) mass is 271 g/mol. The summed E-state index contributed by atoms with van der Waals surface area (Å²) in [5.74, 6) is -0.713. The SMILES string of the molecule is C=C(C)[C@@H](C)[C@H](NC(=O)OC(C)(C)C)C(=O)OCC. The van der Waals surface area contributed by atoms with Crippen LogP contribution in [0.1, 0.15) is 41.5 Å². The summed E-state index contributed by atoms with van der Waals surface area (Å²) in [6.45, 7) is 14.7. The molecule has 0 saturated carbocycles. The predicted molar refractivity (Wildman–Crippen MR) is 73.8 cm³/mol. The Balaban J connectivity index is 4.81. The smallest absolute Gasteiger partial charge is 0.408 e. The first-order valence-electron chi connectivity index (χ1n) is 6.40. The van der Waals surface area contributed by atoms with Crippen molar-refractivity contribution in [3.8, 4) is 0 Å². The second-order valence-corrected chi connectivity index (χ2v) is 5.51. The molecule has 1 amide bonds. The molecule has 0 aromatic carbocycles. The second-order valence-electron chi connectivity index (χ2n) is 5.51. The first-order valence-corrected chi connectivity index (χ1v) is 6.40. The molecular formula is C14H25NO4. The Morgan fingerprint density at radius 3 is 2.21 bits per heavy atom. The molecule has 0 rings (SSSR count). The van der Waals surface area contributed by atoms with Gasteiger partial charge >= 0.3 is 12.1 Å². The number of alkyl carbamates (subject to hydrolysis) is 1. The van der Waals surface area contributed by atoms with Gasteiger partial charge < -0.3 is 14.8 Å². The number of hydrogen-bond acceptors (Lipinski definition) is 4. The largest absolute Gasteiger partial charge is 0.464 e. The minimum atomic E-state index is -0.785. The molecule has 110 valence electrons. The molecule has 5 nitrogen and oxygen atoms in total. The van der Waals surface area contributed by atoms with E-state index in [-0.39, 0.29) is 12.5 Å². The maximum absolute atomic E-state index is 11.9. The summed E-state index contributed by atoms with van der Waals surface area (Å²) in [5, 5.41) is 2.54. The van der Waals surface area contributed by atoms with E-state index in [4.69, 9.17) is 9.47 Å². The van der Waals surface area contributed by atoms with E-state index in [0.29, 0.717) is 0 Å². The Morgan fingerprint density at radius 2 is 1.84 bits per heavy atom. The minimum Gasteiger partial charge on any atom is -0.464 e. The number of esters is 1. The summed E-state index contributed by atoms with van der Waals surface area (Å²) in [5.41, 5.74) is 0.171. The number of ether oxygens (including phenoxy) is 2. The second kappa shape index (κ2) is 7.16. The van der Waals surface area contributed by atoms with Crippen molar-refractivity contribution in [2.24, 2.45) is 5.92 Å². The molecule has 0 bridgehead atoms. The van der Waals surface area contributed by atoms with Crippen molar-refractivity contribution in [3.05, 3.63) is 12.2 Å². The number of rotatable bonds is 5. The average molecular weight is 271 g/mol. The molecule has 1 N–H and O–H groups in total. The van der Waals surface area contributed by atoms with Crippen LogP contribution >= 0.6 is 0 Å². The van der Waals surface area contributed by atoms with E-state index in [0.717, 1.165) is 5.57 Å². The molecule has 19 heavy (non-hydrogen) atoms. The van der Waals surface area contributed by atoms with Crippen molar-refractivity contribution in [3.63, 3.8) is 0 Å². The average Bonchev–Trinajstić information content (AvgIpc) is 2.22. The molecule has 0 aromatic rings. The molecule has 0 radical (unpaired) electrons. The maximum atomic E-state index is 11.9. The lowest BCUT2D eigenvalue weighted by molar-refractivity contribution is -0.146. The lowest BCUT2D eigenvalue weighted by atomic mass is 9.95. The molecule has 0 aliphatic heterocycles. The van der Waals surface area contributed by atoms with E-state index < -0.39 is 23.7 Å². The molecule has 5 heteroatoms. The first-order chi connectivity index (χ1) is 8.58. The van der Waals surface area contributed by atoms with Crippen molar-refractivity contribution in [1.82, 2.24) is 5.32 Å². The van der Waals surface area contributed by atoms with Gasteiger partial charge in [0.05, 0.1) is 6.61 Å². The van der Waals surface area contributed by atoms with Gasteiger partial charge in [0.1, 0.15) is 11.6 Å². The van der Waals surface area contributed by atoms with E-state index in [1.807, 2.05) is 0 Å². The van der Waals surface area contributed by atoms with Crippen LogP contribution in [0, 0.1) is 5.92 Å². The molecule has 0 spiro atoms. The zero-order valence-electron chi connectivity index (χ0n) is 12.7. The molecule has 0 heterocycles. The van der Waals surface area contributed by atoms with E-state index in [1.54, 1.807) is 41.5 Å². The van der Waals surface area contributed by atoms with Gasteiger partial charge in [-0.25, -0.2) is 9.59 Å². The number of amides is 1. The van der Waals surface area contributed by atoms with Gasteiger partial charge in [0, 0.05) is 5.92 Å². The highest BCUT2D eigenvalue weighted by atomic mass is 16.6. The first kappa shape index (κ1) is 17.5. The van der Waals surface area contributed by atoms with Crippen molar-refractivity contribution in [2.75, 3.05) is 6.61 Å². The molecular weight excluding hydrogens is 246 g/mol. The lowest BCUT2D eigenvalue weighted by Crippen LogP contribution is -2.48. The van der Waals surface area contributed by atoms with Crippen LogP contribution < -0.4 is 5.32 Å². The molecule has 0 fully saturated rings. The van der Waals surface area contributed by atoms with Gasteiger partial charge in [-0.1, -0.05) is 19.1 Å². The van der Waals surface area contributed by atoms with Gasteiger partial charge in [-0.3, -0.25) is 0 Å². The van der Waals surface area contributed by atoms with Crippen LogP contribution in [0.4, 0.5) is 4.79 Å². The fourth-order valence-corrected chi connectivity index (χ4v) is 1.34. The number of carbonyl (C=O) groups excluding carboxylic acids is 2. The van der Waals surface area contributed by atoms with Crippen LogP contribution in [0.3, 0.4) is 0 Å². The third kappa shape index (κ3) is 6.84. The van der Waals surface area contributed by atoms with Crippen LogP contribution in [0.5, 0.6) is 0 Å². The fourth-order valence-electron chi connectivity index (χ4n) is 1.34. The Hall–Kier alpha value is -1.52. The van der Waals surface area contributed by atoms with E-state index >= 15 is 0 Å². The number of carbonyl (C=O) groups is 2. The standard InChI is InChI=1S/C14H25NO4/c1-8-18-12(16)11(10(4)9(2)3)15-13(17)19-14(5,6)7/h10-11H,2,8H2,1,3-7H3,(H,15,17)/t10-,11+/m1/s1. The quantitative estimate of drug-likeness (QED) is 0.616. The van der Waals surface area contributed by atoms with Crippen LogP contribution in [0.15, 0.2) is 12.2 Å². The Morgan fingerprint density at radius 1 is 1.32 bits per heavy atom. The highest BCUT2D eigenvalue weighted by molar-refractivity contribution is 5.82. The molecule has 2 atom stereocenters. The fraction of sp³-hybridized carbons (Fsp3) is 0.714. The van der Waals surface area contributed by atoms with Crippen molar-refractivity contribution < 1.29 is 19.1 Å². The Labute approximate surface area is 115 Å². The van der Waals surface area contributed by atoms with E-state index in [1.165, 1.54) is 0 Å². The molecule has 0 aliphatic rings. The van der Waals surface area contributed by atoms with Gasteiger partial charge in [0.25, 0.3) is 0 Å². The van der Waals surface area contributed by atoms with Crippen molar-refractivity contribution >= 4 is 12.1 Å². The molecule has 0 aliphatic carbocycles. The zero-order chi connectivity index (χ0) is 15.2. The highest BCUT2D eigenvalue weighted by Crippen LogP contribution is 2.15. The third-order valence-electron chi connectivity index (χ3n) is 2.49. The normalized spacial score (nSPS) is 14.2. The zero-order valence-corrected chi connectivity index (χ0v) is 12.7. The molecule has 0 aromatic heterocycles. The predicted octanol–water partition coefficient (Wildman–Crippen LogP) is 2.66. The molecule has 0 saturated heterocycles. The van der Waals surface area contributed by atoms with Crippen molar-refractivity contribution in [2.45, 2.75) is 53.2 Å². The minimum absolute atomic E-state index is 0.230. The van der Waals surface area contributed by atoms with Gasteiger partial charge in [-0.05, 0) is 34.6 Å². The third-order valence-corrected chi connectivity index (χ3v) is 2.49. The van der Waals surface area contributed by atoms with Gasteiger partial charge in [0.2, 0.25) is 0 Å². The summed E-state index contributed by atoms with van der Waals surface area (Å²) >= 11 is 0. The Bertz CT molecular complexity index is 344. The summed E-state index contributed by atoms with van der Waals surface area (Å²) in [6.07, 6.45) is -0.640. The van der Waals surface area contributed by atoms with Gasteiger partial charge in [0.15, 0.2) is 0 Å². The van der Waals surface area contributed by atoms with E-state index in [9.17, 15) is 9.59 Å². The number of hydrogen-bond donors (Lipinski definition) is 1.